The third-order valence-electron chi connectivity index (χ3n) is 4.72. The number of halogens is 1. The van der Waals surface area contributed by atoms with Crippen LogP contribution in [0.5, 0.6) is 5.75 Å². The van der Waals surface area contributed by atoms with Crippen LogP contribution in [-0.2, 0) is 7.05 Å². The lowest BCUT2D eigenvalue weighted by atomic mass is 9.96. The number of carbonyl (C=O) groups is 1. The van der Waals surface area contributed by atoms with Gasteiger partial charge in [0.2, 0.25) is 0 Å². The molecule has 1 aliphatic rings. The number of hydrogen-bond acceptors (Lipinski definition) is 4. The second kappa shape index (κ2) is 7.68. The largest absolute Gasteiger partial charge is 0.489 e. The first-order valence-corrected chi connectivity index (χ1v) is 9.14. The lowest BCUT2D eigenvalue weighted by Crippen LogP contribution is -2.38. The highest BCUT2D eigenvalue weighted by Crippen LogP contribution is 2.29. The minimum atomic E-state index is -0.980. The van der Waals surface area contributed by atoms with Crippen LogP contribution < -0.4 is 4.74 Å². The number of ether oxygens (including phenoxy) is 1. The predicted molar refractivity (Wildman–Crippen MR) is 99.6 cm³/mol. The molecule has 1 aromatic carbocycles. The van der Waals surface area contributed by atoms with E-state index in [-0.39, 0.29) is 12.5 Å². The summed E-state index contributed by atoms with van der Waals surface area (Å²) in [4.78, 5) is 14.3. The number of likely N-dealkylation sites (tertiary alicyclic amines) is 1. The molecule has 0 spiro atoms. The predicted octanol–water partition coefficient (Wildman–Crippen LogP) is 2.82. The zero-order valence-corrected chi connectivity index (χ0v) is 15.9. The molecule has 26 heavy (non-hydrogen) atoms. The Kier molecular flexibility index (Phi) is 5.53. The highest BCUT2D eigenvalue weighted by Gasteiger charge is 2.33. The molecule has 1 atom stereocenters. The molecule has 2 aromatic rings. The summed E-state index contributed by atoms with van der Waals surface area (Å²) in [7, 11) is 1.78. The first-order valence-electron chi connectivity index (χ1n) is 8.77. The summed E-state index contributed by atoms with van der Waals surface area (Å²) >= 11 is 6.16. The van der Waals surface area contributed by atoms with Crippen LogP contribution in [0, 0.1) is 6.92 Å². The normalized spacial score (nSPS) is 20.7. The van der Waals surface area contributed by atoms with Crippen LogP contribution >= 0.6 is 11.6 Å². The van der Waals surface area contributed by atoms with Gasteiger partial charge in [-0.25, -0.2) is 0 Å². The van der Waals surface area contributed by atoms with E-state index in [4.69, 9.17) is 16.3 Å². The van der Waals surface area contributed by atoms with Crippen LogP contribution in [-0.4, -0.2) is 51.0 Å². The van der Waals surface area contributed by atoms with E-state index in [1.54, 1.807) is 35.0 Å². The van der Waals surface area contributed by atoms with Crippen molar-refractivity contribution < 1.29 is 14.6 Å². The maximum absolute atomic E-state index is 12.6. The van der Waals surface area contributed by atoms with E-state index >= 15 is 0 Å². The van der Waals surface area contributed by atoms with Crippen molar-refractivity contribution in [3.05, 3.63) is 46.7 Å². The molecule has 140 valence electrons. The maximum Gasteiger partial charge on any atom is 0.274 e. The van der Waals surface area contributed by atoms with Crippen molar-refractivity contribution >= 4 is 17.5 Å². The maximum atomic E-state index is 12.6. The smallest absolute Gasteiger partial charge is 0.274 e. The SMILES string of the molecule is Cc1ccc(Cl)c(OCC2(O)CCCN(C(=O)c3ccn(C)n3)CC2)c1. The average molecular weight is 378 g/mol. The zero-order valence-electron chi connectivity index (χ0n) is 15.1. The van der Waals surface area contributed by atoms with Gasteiger partial charge in [0.15, 0.2) is 0 Å². The monoisotopic (exact) mass is 377 g/mol. The first kappa shape index (κ1) is 18.7. The van der Waals surface area contributed by atoms with Crippen LogP contribution in [0.3, 0.4) is 0 Å². The van der Waals surface area contributed by atoms with Crippen LogP contribution in [0.15, 0.2) is 30.5 Å². The van der Waals surface area contributed by atoms with E-state index in [2.05, 4.69) is 5.10 Å². The second-order valence-electron chi connectivity index (χ2n) is 6.97. The molecule has 0 bridgehead atoms. The summed E-state index contributed by atoms with van der Waals surface area (Å²) in [5.74, 6) is 0.475. The van der Waals surface area contributed by atoms with E-state index in [9.17, 15) is 9.90 Å². The van der Waals surface area contributed by atoms with Crippen molar-refractivity contribution in [1.29, 1.82) is 0 Å². The van der Waals surface area contributed by atoms with E-state index in [0.29, 0.717) is 48.8 Å². The van der Waals surface area contributed by atoms with Gasteiger partial charge in [-0.3, -0.25) is 9.48 Å². The fraction of sp³-hybridized carbons (Fsp3) is 0.474. The highest BCUT2D eigenvalue weighted by molar-refractivity contribution is 6.32. The molecular weight excluding hydrogens is 354 g/mol. The van der Waals surface area contributed by atoms with Gasteiger partial charge in [-0.1, -0.05) is 17.7 Å². The Hall–Kier alpha value is -2.05. The molecule has 1 fully saturated rings. The van der Waals surface area contributed by atoms with Gasteiger partial charge in [0.05, 0.1) is 5.02 Å². The molecule has 0 radical (unpaired) electrons. The van der Waals surface area contributed by atoms with Gasteiger partial charge >= 0.3 is 0 Å². The highest BCUT2D eigenvalue weighted by atomic mass is 35.5. The Bertz CT molecular complexity index is 792. The molecule has 1 unspecified atom stereocenters. The van der Waals surface area contributed by atoms with Crippen LogP contribution in [0.1, 0.15) is 35.3 Å². The topological polar surface area (TPSA) is 67.6 Å². The Balaban J connectivity index is 1.61. The number of hydrogen-bond donors (Lipinski definition) is 1. The van der Waals surface area contributed by atoms with Gasteiger partial charge in [0.1, 0.15) is 23.7 Å². The molecule has 1 saturated heterocycles. The van der Waals surface area contributed by atoms with Crippen molar-refractivity contribution in [2.45, 2.75) is 31.8 Å². The number of amides is 1. The standard InChI is InChI=1S/C19H24ClN3O3/c1-14-4-5-15(20)17(12-14)26-13-19(25)7-3-9-23(11-8-19)18(24)16-6-10-22(2)21-16/h4-6,10,12,25H,3,7-9,11,13H2,1-2H3. The van der Waals surface area contributed by atoms with E-state index < -0.39 is 5.60 Å². The molecule has 6 nitrogen and oxygen atoms in total. The van der Waals surface area contributed by atoms with Crippen LogP contribution in [0.2, 0.25) is 5.02 Å². The fourth-order valence-electron chi connectivity index (χ4n) is 3.15. The lowest BCUT2D eigenvalue weighted by Gasteiger charge is -2.27. The van der Waals surface area contributed by atoms with E-state index in [0.717, 1.165) is 5.56 Å². The number of carbonyl (C=O) groups excluding carboxylic acids is 1. The van der Waals surface area contributed by atoms with Crippen molar-refractivity contribution in [2.24, 2.45) is 7.05 Å². The van der Waals surface area contributed by atoms with E-state index in [1.807, 2.05) is 19.1 Å². The van der Waals surface area contributed by atoms with Gasteiger partial charge in [-0.15, -0.1) is 0 Å². The van der Waals surface area contributed by atoms with Crippen molar-refractivity contribution in [3.63, 3.8) is 0 Å². The molecule has 1 amide bonds. The first-order chi connectivity index (χ1) is 12.4. The molecule has 0 saturated carbocycles. The Morgan fingerprint density at radius 1 is 1.35 bits per heavy atom. The van der Waals surface area contributed by atoms with Gasteiger partial charge in [-0.05, 0) is 49.9 Å². The fourth-order valence-corrected chi connectivity index (χ4v) is 3.32. The summed E-state index contributed by atoms with van der Waals surface area (Å²) in [5.41, 5.74) is 0.497. The Morgan fingerprint density at radius 2 is 2.15 bits per heavy atom. The van der Waals surface area contributed by atoms with E-state index in [1.165, 1.54) is 0 Å². The molecule has 3 rings (SSSR count). The van der Waals surface area contributed by atoms with Crippen molar-refractivity contribution in [1.82, 2.24) is 14.7 Å². The Labute approximate surface area is 158 Å². The zero-order chi connectivity index (χ0) is 18.7. The number of aliphatic hydroxyl groups is 1. The second-order valence-corrected chi connectivity index (χ2v) is 7.37. The average Bonchev–Trinajstić information content (AvgIpc) is 2.95. The van der Waals surface area contributed by atoms with Crippen molar-refractivity contribution in [3.8, 4) is 5.75 Å². The molecule has 2 heterocycles. The summed E-state index contributed by atoms with van der Waals surface area (Å²) in [6.07, 6.45) is 3.48. The lowest BCUT2D eigenvalue weighted by molar-refractivity contribution is -0.0163. The number of aryl methyl sites for hydroxylation is 2. The molecular formula is C19H24ClN3O3. The molecule has 0 aliphatic carbocycles. The minimum absolute atomic E-state index is 0.0995. The molecule has 1 aliphatic heterocycles. The van der Waals surface area contributed by atoms with Crippen LogP contribution in [0.4, 0.5) is 0 Å². The van der Waals surface area contributed by atoms with Gasteiger partial charge < -0.3 is 14.7 Å². The van der Waals surface area contributed by atoms with Crippen molar-refractivity contribution in [2.75, 3.05) is 19.7 Å². The summed E-state index contributed by atoms with van der Waals surface area (Å²) < 4.78 is 7.41. The summed E-state index contributed by atoms with van der Waals surface area (Å²) in [6, 6.07) is 7.27. The third kappa shape index (κ3) is 4.37. The quantitative estimate of drug-likeness (QED) is 0.889. The number of rotatable bonds is 4. The van der Waals surface area contributed by atoms with Gasteiger partial charge in [-0.2, -0.15) is 5.10 Å². The number of nitrogens with zero attached hydrogens (tertiary/aromatic N) is 3. The van der Waals surface area contributed by atoms with Gasteiger partial charge in [0, 0.05) is 26.3 Å². The third-order valence-corrected chi connectivity index (χ3v) is 5.03. The molecule has 1 aromatic heterocycles. The number of benzene rings is 1. The number of aromatic nitrogens is 2. The minimum Gasteiger partial charge on any atom is -0.489 e. The van der Waals surface area contributed by atoms with Gasteiger partial charge in [0.25, 0.3) is 5.91 Å². The Morgan fingerprint density at radius 3 is 2.88 bits per heavy atom. The molecule has 1 N–H and O–H groups in total. The summed E-state index contributed by atoms with van der Waals surface area (Å²) in [6.45, 7) is 3.19. The van der Waals surface area contributed by atoms with Crippen LogP contribution in [0.25, 0.3) is 0 Å². The molecule has 7 heteroatoms. The summed E-state index contributed by atoms with van der Waals surface area (Å²) in [5, 5.41) is 15.6.